The Labute approximate surface area is 110 Å². The number of benzene rings is 1. The highest BCUT2D eigenvalue weighted by molar-refractivity contribution is 6.34. The average Bonchev–Trinajstić information content (AvgIpc) is 2.33. The van der Waals surface area contributed by atoms with Gasteiger partial charge in [-0.2, -0.15) is 0 Å². The predicted octanol–water partition coefficient (Wildman–Crippen LogP) is 2.88. The van der Waals surface area contributed by atoms with Crippen LogP contribution in [0, 0.1) is 6.92 Å². The number of carbonyl (C=O) groups excluding carboxylic acids is 1. The first-order valence-corrected chi connectivity index (χ1v) is 5.72. The van der Waals surface area contributed by atoms with Crippen LogP contribution < -0.4 is 11.1 Å². The van der Waals surface area contributed by atoms with Crippen molar-refractivity contribution in [2.45, 2.75) is 6.92 Å². The van der Waals surface area contributed by atoms with Crippen LogP contribution in [0.4, 0.5) is 11.4 Å². The van der Waals surface area contributed by atoms with Gasteiger partial charge in [0.25, 0.3) is 5.91 Å². The molecule has 1 heterocycles. The number of pyridine rings is 1. The highest BCUT2D eigenvalue weighted by atomic mass is 35.5. The number of amides is 1. The van der Waals surface area contributed by atoms with Crippen molar-refractivity contribution in [2.24, 2.45) is 0 Å². The van der Waals surface area contributed by atoms with Gasteiger partial charge in [-0.3, -0.25) is 9.78 Å². The van der Waals surface area contributed by atoms with Crippen LogP contribution in [-0.4, -0.2) is 10.9 Å². The van der Waals surface area contributed by atoms with Gasteiger partial charge in [0.05, 0.1) is 16.3 Å². The molecule has 0 atom stereocenters. The maximum absolute atomic E-state index is 12.0. The van der Waals surface area contributed by atoms with Crippen LogP contribution >= 0.6 is 11.6 Å². The summed E-state index contributed by atoms with van der Waals surface area (Å²) < 4.78 is 0. The van der Waals surface area contributed by atoms with Crippen molar-refractivity contribution in [3.8, 4) is 0 Å². The smallest absolute Gasteiger partial charge is 0.259 e. The lowest BCUT2D eigenvalue weighted by Crippen LogP contribution is -2.14. The molecular formula is C13H12ClN3O. The van der Waals surface area contributed by atoms with Crippen molar-refractivity contribution in [3.63, 3.8) is 0 Å². The Hall–Kier alpha value is -2.07. The summed E-state index contributed by atoms with van der Waals surface area (Å²) in [5, 5.41) is 3.20. The zero-order chi connectivity index (χ0) is 13.1. The van der Waals surface area contributed by atoms with E-state index in [-0.39, 0.29) is 5.91 Å². The van der Waals surface area contributed by atoms with Crippen LogP contribution in [0.2, 0.25) is 5.02 Å². The van der Waals surface area contributed by atoms with Crippen LogP contribution in [0.15, 0.2) is 36.7 Å². The zero-order valence-electron chi connectivity index (χ0n) is 9.77. The molecule has 2 aromatic rings. The molecule has 0 aliphatic heterocycles. The number of carbonyl (C=O) groups is 1. The number of aromatic nitrogens is 1. The lowest BCUT2D eigenvalue weighted by Gasteiger charge is -2.09. The first-order valence-electron chi connectivity index (χ1n) is 5.35. The van der Waals surface area contributed by atoms with E-state index in [1.54, 1.807) is 18.2 Å². The summed E-state index contributed by atoms with van der Waals surface area (Å²) in [6.07, 6.45) is 2.96. The van der Waals surface area contributed by atoms with Crippen LogP contribution in [0.25, 0.3) is 0 Å². The molecule has 5 heteroatoms. The fourth-order valence-electron chi connectivity index (χ4n) is 1.51. The van der Waals surface area contributed by atoms with Gasteiger partial charge in [0, 0.05) is 18.1 Å². The lowest BCUT2D eigenvalue weighted by atomic mass is 10.2. The molecule has 92 valence electrons. The average molecular weight is 262 g/mol. The summed E-state index contributed by atoms with van der Waals surface area (Å²) in [6, 6.07) is 6.98. The summed E-state index contributed by atoms with van der Waals surface area (Å²) >= 11 is 6.04. The molecule has 1 aromatic heterocycles. The van der Waals surface area contributed by atoms with E-state index in [2.05, 4.69) is 10.3 Å². The summed E-state index contributed by atoms with van der Waals surface area (Å²) in [7, 11) is 0. The molecule has 0 aliphatic carbocycles. The van der Waals surface area contributed by atoms with Gasteiger partial charge in [-0.1, -0.05) is 17.7 Å². The normalized spacial score (nSPS) is 10.1. The fraction of sp³-hybridized carbons (Fsp3) is 0.0769. The van der Waals surface area contributed by atoms with Gasteiger partial charge in [0.2, 0.25) is 0 Å². The predicted molar refractivity (Wildman–Crippen MR) is 72.8 cm³/mol. The summed E-state index contributed by atoms with van der Waals surface area (Å²) in [5.41, 5.74) is 7.99. The van der Waals surface area contributed by atoms with E-state index in [4.69, 9.17) is 17.3 Å². The first-order chi connectivity index (χ1) is 8.58. The molecule has 0 aliphatic rings. The molecule has 1 aromatic carbocycles. The van der Waals surface area contributed by atoms with Crippen molar-refractivity contribution < 1.29 is 4.79 Å². The molecule has 0 radical (unpaired) electrons. The van der Waals surface area contributed by atoms with Gasteiger partial charge in [-0.25, -0.2) is 0 Å². The highest BCUT2D eigenvalue weighted by Crippen LogP contribution is 2.23. The largest absolute Gasteiger partial charge is 0.398 e. The molecule has 0 saturated heterocycles. The topological polar surface area (TPSA) is 68.0 Å². The minimum absolute atomic E-state index is 0.327. The molecule has 1 amide bonds. The molecule has 3 N–H and O–H groups in total. The molecule has 0 unspecified atom stereocenters. The standard InChI is InChI=1S/C13H12ClN3O/c1-8-2-3-12(10(14)6-8)17-13(18)9-7-16-5-4-11(9)15/h2-7H,1H3,(H2,15,16)(H,17,18). The second-order valence-electron chi connectivity index (χ2n) is 3.90. The number of hydrogen-bond donors (Lipinski definition) is 2. The third kappa shape index (κ3) is 2.60. The second kappa shape index (κ2) is 5.06. The minimum Gasteiger partial charge on any atom is -0.398 e. The fourth-order valence-corrected chi connectivity index (χ4v) is 1.79. The lowest BCUT2D eigenvalue weighted by molar-refractivity contribution is 0.102. The van der Waals surface area contributed by atoms with Gasteiger partial charge in [-0.15, -0.1) is 0 Å². The van der Waals surface area contributed by atoms with Crippen LogP contribution in [0.1, 0.15) is 15.9 Å². The van der Waals surface area contributed by atoms with Gasteiger partial charge in [0.15, 0.2) is 0 Å². The number of nitrogens with one attached hydrogen (secondary N) is 1. The number of anilines is 2. The maximum Gasteiger partial charge on any atom is 0.259 e. The van der Waals surface area contributed by atoms with Crippen molar-refractivity contribution in [3.05, 3.63) is 52.8 Å². The van der Waals surface area contributed by atoms with Crippen molar-refractivity contribution in [2.75, 3.05) is 11.1 Å². The Morgan fingerprint density at radius 1 is 1.39 bits per heavy atom. The molecule has 0 spiro atoms. The van der Waals surface area contributed by atoms with Crippen LogP contribution in [0.3, 0.4) is 0 Å². The Morgan fingerprint density at radius 3 is 2.83 bits per heavy atom. The molecule has 0 fully saturated rings. The molecule has 2 rings (SSSR count). The van der Waals surface area contributed by atoms with E-state index in [1.807, 2.05) is 13.0 Å². The number of aryl methyl sites for hydroxylation is 1. The summed E-state index contributed by atoms with van der Waals surface area (Å²) in [6.45, 7) is 1.93. The van der Waals surface area contributed by atoms with Crippen LogP contribution in [0.5, 0.6) is 0 Å². The van der Waals surface area contributed by atoms with E-state index in [0.717, 1.165) is 5.56 Å². The Morgan fingerprint density at radius 2 is 2.17 bits per heavy atom. The molecule has 4 nitrogen and oxygen atoms in total. The number of rotatable bonds is 2. The quantitative estimate of drug-likeness (QED) is 0.873. The number of nitrogens with zero attached hydrogens (tertiary/aromatic N) is 1. The number of halogens is 1. The zero-order valence-corrected chi connectivity index (χ0v) is 10.5. The third-order valence-electron chi connectivity index (χ3n) is 2.47. The van der Waals surface area contributed by atoms with E-state index >= 15 is 0 Å². The SMILES string of the molecule is Cc1ccc(NC(=O)c2cnccc2N)c(Cl)c1. The third-order valence-corrected chi connectivity index (χ3v) is 2.78. The summed E-state index contributed by atoms with van der Waals surface area (Å²) in [5.74, 6) is -0.327. The van der Waals surface area contributed by atoms with E-state index < -0.39 is 0 Å². The molecule has 18 heavy (non-hydrogen) atoms. The first kappa shape index (κ1) is 12.4. The molecular weight excluding hydrogens is 250 g/mol. The number of hydrogen-bond acceptors (Lipinski definition) is 3. The van der Waals surface area contributed by atoms with E-state index in [0.29, 0.717) is 22.0 Å². The Bertz CT molecular complexity index is 599. The van der Waals surface area contributed by atoms with E-state index in [1.165, 1.54) is 12.4 Å². The van der Waals surface area contributed by atoms with Crippen molar-refractivity contribution in [1.82, 2.24) is 4.98 Å². The van der Waals surface area contributed by atoms with Gasteiger partial charge in [-0.05, 0) is 30.7 Å². The monoisotopic (exact) mass is 261 g/mol. The Kier molecular flexibility index (Phi) is 3.48. The Balaban J connectivity index is 2.24. The highest BCUT2D eigenvalue weighted by Gasteiger charge is 2.11. The number of nitrogen functional groups attached to an aromatic ring is 1. The number of nitrogens with two attached hydrogens (primary N) is 1. The minimum atomic E-state index is -0.327. The van der Waals surface area contributed by atoms with Crippen molar-refractivity contribution in [1.29, 1.82) is 0 Å². The van der Waals surface area contributed by atoms with Gasteiger partial charge in [0.1, 0.15) is 0 Å². The van der Waals surface area contributed by atoms with Gasteiger partial charge >= 0.3 is 0 Å². The summed E-state index contributed by atoms with van der Waals surface area (Å²) in [4.78, 5) is 15.9. The van der Waals surface area contributed by atoms with Crippen LogP contribution in [-0.2, 0) is 0 Å². The van der Waals surface area contributed by atoms with Gasteiger partial charge < -0.3 is 11.1 Å². The molecule has 0 bridgehead atoms. The molecule has 0 saturated carbocycles. The van der Waals surface area contributed by atoms with E-state index in [9.17, 15) is 4.79 Å². The maximum atomic E-state index is 12.0. The second-order valence-corrected chi connectivity index (χ2v) is 4.31. The van der Waals surface area contributed by atoms with Crippen molar-refractivity contribution >= 4 is 28.9 Å².